The Labute approximate surface area is 132 Å². The fraction of sp³-hybridized carbons (Fsp3) is 0.353. The smallest absolute Gasteiger partial charge is 0.243 e. The lowest BCUT2D eigenvalue weighted by Crippen LogP contribution is -2.28. The van der Waals surface area contributed by atoms with Gasteiger partial charge in [0.25, 0.3) is 0 Å². The SMILES string of the molecule is Cc1cc(C)c(C)c(S(=O)(=O)N(C)Cc2cccnc2)c1C. The van der Waals surface area contributed by atoms with Crippen molar-refractivity contribution in [1.82, 2.24) is 9.29 Å². The van der Waals surface area contributed by atoms with Crippen molar-refractivity contribution in [3.05, 3.63) is 58.4 Å². The first kappa shape index (κ1) is 16.6. The number of nitrogens with zero attached hydrogens (tertiary/aromatic N) is 2. The summed E-state index contributed by atoms with van der Waals surface area (Å²) >= 11 is 0. The number of sulfonamides is 1. The first-order valence-corrected chi connectivity index (χ1v) is 8.61. The third-order valence-corrected chi connectivity index (χ3v) is 6.17. The Morgan fingerprint density at radius 1 is 1.09 bits per heavy atom. The molecular weight excluding hydrogens is 296 g/mol. The number of pyridine rings is 1. The van der Waals surface area contributed by atoms with Crippen LogP contribution in [0.15, 0.2) is 35.5 Å². The minimum atomic E-state index is -3.54. The van der Waals surface area contributed by atoms with Crippen LogP contribution in [-0.2, 0) is 16.6 Å². The van der Waals surface area contributed by atoms with E-state index in [0.29, 0.717) is 11.4 Å². The second-order valence-corrected chi connectivity index (χ2v) is 7.69. The molecule has 2 rings (SSSR count). The quantitative estimate of drug-likeness (QED) is 0.870. The second kappa shape index (κ2) is 6.18. The number of benzene rings is 1. The number of hydrogen-bond donors (Lipinski definition) is 0. The zero-order chi connectivity index (χ0) is 16.5. The maximum absolute atomic E-state index is 13.0. The Kier molecular flexibility index (Phi) is 4.68. The fourth-order valence-corrected chi connectivity index (χ4v) is 4.28. The molecule has 4 nitrogen and oxygen atoms in total. The maximum atomic E-state index is 13.0. The molecule has 118 valence electrons. The molecule has 0 unspecified atom stereocenters. The summed E-state index contributed by atoms with van der Waals surface area (Å²) < 4.78 is 27.4. The van der Waals surface area contributed by atoms with Crippen LogP contribution in [0.3, 0.4) is 0 Å². The molecule has 0 saturated carbocycles. The Bertz CT molecular complexity index is 758. The molecule has 22 heavy (non-hydrogen) atoms. The summed E-state index contributed by atoms with van der Waals surface area (Å²) in [5.74, 6) is 0. The van der Waals surface area contributed by atoms with E-state index >= 15 is 0 Å². The van der Waals surface area contributed by atoms with Gasteiger partial charge in [0, 0.05) is 26.0 Å². The first-order chi connectivity index (χ1) is 10.2. The predicted octanol–water partition coefficient (Wildman–Crippen LogP) is 3.14. The molecule has 0 fully saturated rings. The van der Waals surface area contributed by atoms with Crippen molar-refractivity contribution in [3.63, 3.8) is 0 Å². The highest BCUT2D eigenvalue weighted by atomic mass is 32.2. The van der Waals surface area contributed by atoms with Crippen LogP contribution in [0.5, 0.6) is 0 Å². The summed E-state index contributed by atoms with van der Waals surface area (Å²) in [6.45, 7) is 7.94. The maximum Gasteiger partial charge on any atom is 0.243 e. The van der Waals surface area contributed by atoms with Gasteiger partial charge in [-0.05, 0) is 61.6 Å². The van der Waals surface area contributed by atoms with E-state index in [1.54, 1.807) is 19.4 Å². The van der Waals surface area contributed by atoms with Crippen molar-refractivity contribution in [2.24, 2.45) is 0 Å². The molecule has 0 aliphatic heterocycles. The molecule has 1 heterocycles. The van der Waals surface area contributed by atoms with Gasteiger partial charge in [0.2, 0.25) is 10.0 Å². The van der Waals surface area contributed by atoms with E-state index in [-0.39, 0.29) is 0 Å². The van der Waals surface area contributed by atoms with Gasteiger partial charge in [-0.1, -0.05) is 12.1 Å². The topological polar surface area (TPSA) is 50.3 Å². The Morgan fingerprint density at radius 3 is 2.18 bits per heavy atom. The Morgan fingerprint density at radius 2 is 1.68 bits per heavy atom. The second-order valence-electron chi connectivity index (χ2n) is 5.71. The van der Waals surface area contributed by atoms with E-state index in [1.165, 1.54) is 4.31 Å². The van der Waals surface area contributed by atoms with Crippen molar-refractivity contribution in [2.75, 3.05) is 7.05 Å². The largest absolute Gasteiger partial charge is 0.264 e. The van der Waals surface area contributed by atoms with Gasteiger partial charge in [-0.15, -0.1) is 0 Å². The third-order valence-electron chi connectivity index (χ3n) is 4.09. The summed E-state index contributed by atoms with van der Waals surface area (Å²) in [6, 6.07) is 5.72. The summed E-state index contributed by atoms with van der Waals surface area (Å²) in [5, 5.41) is 0. The lowest BCUT2D eigenvalue weighted by molar-refractivity contribution is 0.465. The molecule has 0 bridgehead atoms. The average Bonchev–Trinajstić information content (AvgIpc) is 2.46. The lowest BCUT2D eigenvalue weighted by Gasteiger charge is -2.22. The van der Waals surface area contributed by atoms with E-state index < -0.39 is 10.0 Å². The molecular formula is C17H22N2O2S. The minimum Gasteiger partial charge on any atom is -0.264 e. The van der Waals surface area contributed by atoms with Gasteiger partial charge >= 0.3 is 0 Å². The molecule has 1 aromatic carbocycles. The number of aryl methyl sites for hydroxylation is 2. The van der Waals surface area contributed by atoms with Crippen LogP contribution in [0, 0.1) is 27.7 Å². The number of hydrogen-bond acceptors (Lipinski definition) is 3. The van der Waals surface area contributed by atoms with Gasteiger partial charge in [0.15, 0.2) is 0 Å². The van der Waals surface area contributed by atoms with Crippen molar-refractivity contribution >= 4 is 10.0 Å². The molecule has 0 radical (unpaired) electrons. The molecule has 0 spiro atoms. The Balaban J connectivity index is 2.47. The van der Waals surface area contributed by atoms with Crippen LogP contribution in [-0.4, -0.2) is 24.8 Å². The summed E-state index contributed by atoms with van der Waals surface area (Å²) in [5.41, 5.74) is 4.50. The van der Waals surface area contributed by atoms with E-state index in [2.05, 4.69) is 4.98 Å². The minimum absolute atomic E-state index is 0.308. The van der Waals surface area contributed by atoms with Crippen molar-refractivity contribution < 1.29 is 8.42 Å². The highest BCUT2D eigenvalue weighted by molar-refractivity contribution is 7.89. The predicted molar refractivity (Wildman–Crippen MR) is 88.3 cm³/mol. The average molecular weight is 318 g/mol. The highest BCUT2D eigenvalue weighted by Crippen LogP contribution is 2.28. The van der Waals surface area contributed by atoms with E-state index in [0.717, 1.165) is 27.8 Å². The third kappa shape index (κ3) is 3.05. The highest BCUT2D eigenvalue weighted by Gasteiger charge is 2.26. The van der Waals surface area contributed by atoms with Crippen LogP contribution in [0.4, 0.5) is 0 Å². The summed E-state index contributed by atoms with van der Waals surface area (Å²) in [7, 11) is -1.93. The monoisotopic (exact) mass is 318 g/mol. The molecule has 0 atom stereocenters. The molecule has 5 heteroatoms. The van der Waals surface area contributed by atoms with Crippen molar-refractivity contribution in [2.45, 2.75) is 39.1 Å². The van der Waals surface area contributed by atoms with Gasteiger partial charge in [0.05, 0.1) is 4.90 Å². The van der Waals surface area contributed by atoms with Crippen molar-refractivity contribution in [1.29, 1.82) is 0 Å². The van der Waals surface area contributed by atoms with Gasteiger partial charge in [-0.3, -0.25) is 4.98 Å². The number of rotatable bonds is 4. The molecule has 0 saturated heterocycles. The zero-order valence-corrected chi connectivity index (χ0v) is 14.5. The molecule has 2 aromatic rings. The summed E-state index contributed by atoms with van der Waals surface area (Å²) in [6.07, 6.45) is 3.36. The molecule has 1 aromatic heterocycles. The normalized spacial score (nSPS) is 11.9. The number of aromatic nitrogens is 1. The van der Waals surface area contributed by atoms with Crippen LogP contribution in [0.1, 0.15) is 27.8 Å². The van der Waals surface area contributed by atoms with Gasteiger partial charge < -0.3 is 0 Å². The molecule has 0 amide bonds. The lowest BCUT2D eigenvalue weighted by atomic mass is 10.0. The van der Waals surface area contributed by atoms with Gasteiger partial charge in [-0.25, -0.2) is 8.42 Å². The van der Waals surface area contributed by atoms with Crippen LogP contribution in [0.25, 0.3) is 0 Å². The summed E-state index contributed by atoms with van der Waals surface area (Å²) in [4.78, 5) is 4.46. The van der Waals surface area contributed by atoms with E-state index in [9.17, 15) is 8.42 Å². The molecule has 0 aliphatic rings. The van der Waals surface area contributed by atoms with Crippen LogP contribution < -0.4 is 0 Å². The standard InChI is InChI=1S/C17H22N2O2S/c1-12-9-13(2)15(4)17(14(12)3)22(20,21)19(5)11-16-7-6-8-18-10-16/h6-10H,11H2,1-5H3. The zero-order valence-electron chi connectivity index (χ0n) is 13.7. The van der Waals surface area contributed by atoms with Crippen LogP contribution >= 0.6 is 0 Å². The molecule has 0 aliphatic carbocycles. The molecule has 0 N–H and O–H groups in total. The Hall–Kier alpha value is -1.72. The van der Waals surface area contributed by atoms with E-state index in [1.807, 2.05) is 45.9 Å². The van der Waals surface area contributed by atoms with E-state index in [4.69, 9.17) is 0 Å². The van der Waals surface area contributed by atoms with Gasteiger partial charge in [-0.2, -0.15) is 4.31 Å². The van der Waals surface area contributed by atoms with Gasteiger partial charge in [0.1, 0.15) is 0 Å². The fourth-order valence-electron chi connectivity index (χ4n) is 2.56. The van der Waals surface area contributed by atoms with Crippen LogP contribution in [0.2, 0.25) is 0 Å². The first-order valence-electron chi connectivity index (χ1n) is 7.17. The van der Waals surface area contributed by atoms with Crippen molar-refractivity contribution in [3.8, 4) is 0 Å².